The Morgan fingerprint density at radius 3 is 2.55 bits per heavy atom. The third-order valence-corrected chi connectivity index (χ3v) is 5.82. The minimum atomic E-state index is -0.507. The van der Waals surface area contributed by atoms with Gasteiger partial charge in [-0.1, -0.05) is 49.7 Å². The molecular formula is C23H23ClN2O3. The maximum atomic E-state index is 13.3. The number of halogens is 1. The smallest absolute Gasteiger partial charge is 0.290 e. The summed E-state index contributed by atoms with van der Waals surface area (Å²) in [7, 11) is 0. The average Bonchev–Trinajstić information content (AvgIpc) is 3.01. The molecule has 0 saturated heterocycles. The van der Waals surface area contributed by atoms with Gasteiger partial charge >= 0.3 is 0 Å². The van der Waals surface area contributed by atoms with E-state index in [9.17, 15) is 9.59 Å². The Balaban J connectivity index is 1.87. The van der Waals surface area contributed by atoms with E-state index >= 15 is 0 Å². The maximum absolute atomic E-state index is 13.3. The van der Waals surface area contributed by atoms with Gasteiger partial charge in [-0.3, -0.25) is 9.59 Å². The van der Waals surface area contributed by atoms with Crippen LogP contribution in [0.5, 0.6) is 0 Å². The fourth-order valence-corrected chi connectivity index (χ4v) is 4.21. The molecule has 150 valence electrons. The number of fused-ring (bicyclic) bond motifs is 2. The quantitative estimate of drug-likeness (QED) is 0.606. The molecule has 6 heteroatoms. The molecule has 0 aliphatic carbocycles. The van der Waals surface area contributed by atoms with E-state index in [4.69, 9.17) is 16.0 Å². The summed E-state index contributed by atoms with van der Waals surface area (Å²) in [5, 5.41) is 1.05. The lowest BCUT2D eigenvalue weighted by molar-refractivity contribution is 0.0708. The average molecular weight is 411 g/mol. The number of benzene rings is 2. The zero-order valence-electron chi connectivity index (χ0n) is 16.5. The number of amides is 1. The van der Waals surface area contributed by atoms with Crippen LogP contribution >= 0.6 is 11.6 Å². The number of hydrogen-bond donors (Lipinski definition) is 0. The lowest BCUT2D eigenvalue weighted by Crippen LogP contribution is -2.37. The first-order chi connectivity index (χ1) is 14.0. The van der Waals surface area contributed by atoms with Crippen molar-refractivity contribution in [3.8, 4) is 0 Å². The van der Waals surface area contributed by atoms with Crippen molar-refractivity contribution < 1.29 is 9.21 Å². The molecule has 0 saturated carbocycles. The molecule has 0 unspecified atom stereocenters. The van der Waals surface area contributed by atoms with Crippen LogP contribution in [0.15, 0.2) is 57.7 Å². The van der Waals surface area contributed by atoms with E-state index in [2.05, 4.69) is 18.7 Å². The molecule has 29 heavy (non-hydrogen) atoms. The van der Waals surface area contributed by atoms with Gasteiger partial charge in [-0.15, -0.1) is 0 Å². The minimum absolute atomic E-state index is 0.137. The van der Waals surface area contributed by atoms with Crippen molar-refractivity contribution in [2.75, 3.05) is 26.2 Å². The molecule has 0 N–H and O–H groups in total. The monoisotopic (exact) mass is 410 g/mol. The van der Waals surface area contributed by atoms with Crippen LogP contribution in [0.2, 0.25) is 5.02 Å². The van der Waals surface area contributed by atoms with Gasteiger partial charge in [0.15, 0.2) is 5.43 Å². The van der Waals surface area contributed by atoms with Crippen molar-refractivity contribution >= 4 is 28.5 Å². The summed E-state index contributed by atoms with van der Waals surface area (Å²) in [6.07, 6.45) is 0. The predicted octanol–water partition coefficient (Wildman–Crippen LogP) is 4.33. The van der Waals surface area contributed by atoms with Gasteiger partial charge < -0.3 is 14.2 Å². The molecule has 2 aromatic carbocycles. The van der Waals surface area contributed by atoms with Crippen LogP contribution < -0.4 is 5.43 Å². The molecule has 0 bridgehead atoms. The van der Waals surface area contributed by atoms with E-state index in [0.29, 0.717) is 28.1 Å². The Morgan fingerprint density at radius 1 is 1.07 bits per heavy atom. The largest absolute Gasteiger partial charge is 0.450 e. The van der Waals surface area contributed by atoms with Gasteiger partial charge in [-0.25, -0.2) is 0 Å². The van der Waals surface area contributed by atoms with E-state index < -0.39 is 6.04 Å². The van der Waals surface area contributed by atoms with E-state index in [1.165, 1.54) is 0 Å². The summed E-state index contributed by atoms with van der Waals surface area (Å²) in [4.78, 5) is 30.6. The van der Waals surface area contributed by atoms with Crippen LogP contribution in [0.1, 0.15) is 41.6 Å². The molecule has 2 heterocycles. The summed E-state index contributed by atoms with van der Waals surface area (Å²) in [6.45, 7) is 7.20. The molecule has 0 spiro atoms. The highest BCUT2D eigenvalue weighted by molar-refractivity contribution is 6.30. The lowest BCUT2D eigenvalue weighted by Gasteiger charge is -2.28. The van der Waals surface area contributed by atoms with Crippen LogP contribution in [-0.2, 0) is 0 Å². The number of para-hydroxylation sites is 1. The van der Waals surface area contributed by atoms with Crippen molar-refractivity contribution in [2.45, 2.75) is 19.9 Å². The summed E-state index contributed by atoms with van der Waals surface area (Å²) < 4.78 is 5.93. The van der Waals surface area contributed by atoms with Crippen molar-refractivity contribution in [1.29, 1.82) is 0 Å². The summed E-state index contributed by atoms with van der Waals surface area (Å²) in [5.41, 5.74) is 1.48. The molecule has 5 nitrogen and oxygen atoms in total. The first-order valence-electron chi connectivity index (χ1n) is 9.89. The Morgan fingerprint density at radius 2 is 1.83 bits per heavy atom. The van der Waals surface area contributed by atoms with Gasteiger partial charge in [0.1, 0.15) is 5.58 Å². The Labute approximate surface area is 174 Å². The van der Waals surface area contributed by atoms with E-state index in [0.717, 1.165) is 25.2 Å². The third kappa shape index (κ3) is 3.45. The summed E-state index contributed by atoms with van der Waals surface area (Å²) in [6, 6.07) is 13.9. The Bertz CT molecular complexity index is 1120. The Hall–Kier alpha value is -2.63. The minimum Gasteiger partial charge on any atom is -0.450 e. The van der Waals surface area contributed by atoms with Gasteiger partial charge in [-0.2, -0.15) is 0 Å². The molecule has 0 fully saturated rings. The molecule has 1 atom stereocenters. The van der Waals surface area contributed by atoms with Crippen molar-refractivity contribution in [3.05, 3.63) is 80.7 Å². The standard InChI is InChI=1S/C23H23ClN2O3/c1-3-25(4-2)12-13-26-20(15-8-7-9-16(24)14-15)19-21(27)17-10-5-6-11-18(17)29-22(19)23(26)28/h5-11,14,20H,3-4,12-13H2,1-2H3/t20-/m1/s1. The van der Waals surface area contributed by atoms with Crippen molar-refractivity contribution in [3.63, 3.8) is 0 Å². The SMILES string of the molecule is CCN(CC)CCN1C(=O)c2oc3ccccc3c(=O)c2[C@H]1c1cccc(Cl)c1. The van der Waals surface area contributed by atoms with E-state index in [-0.39, 0.29) is 17.1 Å². The number of hydrogen-bond acceptors (Lipinski definition) is 4. The van der Waals surface area contributed by atoms with Gasteiger partial charge in [-0.05, 0) is 42.9 Å². The molecule has 1 amide bonds. The normalized spacial score (nSPS) is 16.1. The molecule has 0 radical (unpaired) electrons. The van der Waals surface area contributed by atoms with Gasteiger partial charge in [0.2, 0.25) is 5.76 Å². The highest BCUT2D eigenvalue weighted by atomic mass is 35.5. The predicted molar refractivity (Wildman–Crippen MR) is 115 cm³/mol. The van der Waals surface area contributed by atoms with Gasteiger partial charge in [0.25, 0.3) is 5.91 Å². The molecule has 1 aliphatic heterocycles. The fraction of sp³-hybridized carbons (Fsp3) is 0.304. The highest BCUT2D eigenvalue weighted by Crippen LogP contribution is 2.38. The van der Waals surface area contributed by atoms with Gasteiger partial charge in [0, 0.05) is 18.1 Å². The number of nitrogens with zero attached hydrogens (tertiary/aromatic N) is 2. The van der Waals surface area contributed by atoms with Crippen molar-refractivity contribution in [2.24, 2.45) is 0 Å². The first-order valence-corrected chi connectivity index (χ1v) is 10.3. The lowest BCUT2D eigenvalue weighted by atomic mass is 9.98. The van der Waals surface area contributed by atoms with Gasteiger partial charge in [0.05, 0.1) is 17.0 Å². The third-order valence-electron chi connectivity index (χ3n) is 5.59. The number of carbonyl (C=O) groups is 1. The summed E-state index contributed by atoms with van der Waals surface area (Å²) >= 11 is 6.23. The zero-order chi connectivity index (χ0) is 20.5. The number of likely N-dealkylation sites (N-methyl/N-ethyl adjacent to an activating group) is 1. The van der Waals surface area contributed by atoms with E-state index in [1.54, 1.807) is 35.2 Å². The zero-order valence-corrected chi connectivity index (χ0v) is 17.3. The molecule has 1 aromatic heterocycles. The van der Waals surface area contributed by atoms with Crippen LogP contribution in [0, 0.1) is 0 Å². The second-order valence-electron chi connectivity index (χ2n) is 7.15. The number of carbonyl (C=O) groups excluding carboxylic acids is 1. The van der Waals surface area contributed by atoms with Crippen LogP contribution in [0.4, 0.5) is 0 Å². The van der Waals surface area contributed by atoms with Crippen LogP contribution in [0.25, 0.3) is 11.0 Å². The first kappa shape index (κ1) is 19.7. The Kier molecular flexibility index (Phi) is 5.43. The fourth-order valence-electron chi connectivity index (χ4n) is 4.01. The van der Waals surface area contributed by atoms with E-state index in [1.807, 2.05) is 18.2 Å². The second-order valence-corrected chi connectivity index (χ2v) is 7.59. The van der Waals surface area contributed by atoms with Crippen LogP contribution in [-0.4, -0.2) is 41.9 Å². The summed E-state index contributed by atoms with van der Waals surface area (Å²) in [5.74, 6) is -0.113. The molecule has 3 aromatic rings. The van der Waals surface area contributed by atoms with Crippen LogP contribution in [0.3, 0.4) is 0 Å². The second kappa shape index (κ2) is 8.01. The topological polar surface area (TPSA) is 53.8 Å². The highest BCUT2D eigenvalue weighted by Gasteiger charge is 2.42. The maximum Gasteiger partial charge on any atom is 0.290 e. The molecule has 4 rings (SSSR count). The molecular weight excluding hydrogens is 388 g/mol. The van der Waals surface area contributed by atoms with Crippen molar-refractivity contribution in [1.82, 2.24) is 9.80 Å². The molecule has 1 aliphatic rings. The number of rotatable bonds is 6.